The maximum atomic E-state index is 12.4. The molecular weight excluding hydrogens is 280 g/mol. The van der Waals surface area contributed by atoms with Gasteiger partial charge in [-0.25, -0.2) is 0 Å². The fourth-order valence-corrected chi connectivity index (χ4v) is 4.43. The van der Waals surface area contributed by atoms with Gasteiger partial charge in [0.2, 0.25) is 5.91 Å². The van der Waals surface area contributed by atoms with Crippen LogP contribution in [0.3, 0.4) is 0 Å². The van der Waals surface area contributed by atoms with Crippen molar-refractivity contribution >= 4 is 17.2 Å². The zero-order valence-electron chi connectivity index (χ0n) is 13.1. The van der Waals surface area contributed by atoms with E-state index in [1.807, 2.05) is 16.2 Å². The molecule has 21 heavy (non-hydrogen) atoms. The molecule has 3 rings (SSSR count). The van der Waals surface area contributed by atoms with Crippen LogP contribution in [-0.4, -0.2) is 29.9 Å². The highest BCUT2D eigenvalue weighted by atomic mass is 32.1. The van der Waals surface area contributed by atoms with Crippen LogP contribution >= 0.6 is 11.3 Å². The van der Waals surface area contributed by atoms with Crippen molar-refractivity contribution < 1.29 is 4.79 Å². The van der Waals surface area contributed by atoms with Gasteiger partial charge in [0.25, 0.3) is 0 Å². The molecule has 1 aliphatic heterocycles. The lowest BCUT2D eigenvalue weighted by Gasteiger charge is -2.33. The van der Waals surface area contributed by atoms with Gasteiger partial charge >= 0.3 is 0 Å². The van der Waals surface area contributed by atoms with Gasteiger partial charge in [-0.1, -0.05) is 13.8 Å². The number of carbonyl (C=O) groups excluding carboxylic acids is 1. The third kappa shape index (κ3) is 3.49. The molecule has 0 bridgehead atoms. The van der Waals surface area contributed by atoms with Gasteiger partial charge < -0.3 is 10.2 Å². The van der Waals surface area contributed by atoms with Crippen molar-refractivity contribution in [2.45, 2.75) is 52.1 Å². The van der Waals surface area contributed by atoms with Gasteiger partial charge in [0, 0.05) is 24.0 Å². The van der Waals surface area contributed by atoms with E-state index in [0.717, 1.165) is 31.3 Å². The normalized spacial score (nSPS) is 29.2. The van der Waals surface area contributed by atoms with Gasteiger partial charge in [-0.3, -0.25) is 4.79 Å². The second kappa shape index (κ2) is 6.49. The van der Waals surface area contributed by atoms with Crippen LogP contribution < -0.4 is 5.32 Å². The molecule has 0 radical (unpaired) electrons. The Kier molecular flexibility index (Phi) is 4.65. The minimum Gasteiger partial charge on any atom is -0.337 e. The highest BCUT2D eigenvalue weighted by Crippen LogP contribution is 2.29. The minimum atomic E-state index is 0.262. The average molecular weight is 306 g/mol. The summed E-state index contributed by atoms with van der Waals surface area (Å²) in [4.78, 5) is 15.9. The monoisotopic (exact) mass is 306 g/mol. The zero-order chi connectivity index (χ0) is 14.8. The molecule has 116 valence electrons. The summed E-state index contributed by atoms with van der Waals surface area (Å²) in [6.07, 6.45) is 4.74. The molecule has 3 atom stereocenters. The summed E-state index contributed by atoms with van der Waals surface area (Å²) in [7, 11) is 0. The predicted octanol–water partition coefficient (Wildman–Crippen LogP) is 3.05. The molecule has 0 spiro atoms. The number of thiophene rings is 1. The Bertz CT molecular complexity index is 499. The van der Waals surface area contributed by atoms with Crippen LogP contribution in [0.5, 0.6) is 0 Å². The molecule has 3 nitrogen and oxygen atoms in total. The van der Waals surface area contributed by atoms with Crippen molar-refractivity contribution in [1.29, 1.82) is 0 Å². The number of hydrogen-bond acceptors (Lipinski definition) is 3. The van der Waals surface area contributed by atoms with Crippen LogP contribution in [0.25, 0.3) is 0 Å². The second-order valence-corrected chi connectivity index (χ2v) is 7.78. The van der Waals surface area contributed by atoms with Crippen LogP contribution in [0.15, 0.2) is 11.4 Å². The third-order valence-corrected chi connectivity index (χ3v) is 6.32. The summed E-state index contributed by atoms with van der Waals surface area (Å²) in [6, 6.07) is 2.69. The Morgan fingerprint density at radius 1 is 1.38 bits per heavy atom. The van der Waals surface area contributed by atoms with Crippen LogP contribution in [0.2, 0.25) is 0 Å². The molecule has 0 aromatic carbocycles. The molecule has 2 heterocycles. The maximum Gasteiger partial charge on any atom is 0.236 e. The molecule has 1 aromatic rings. The average Bonchev–Trinajstić information content (AvgIpc) is 2.95. The first-order valence-corrected chi connectivity index (χ1v) is 9.08. The number of fused-ring (bicyclic) bond motifs is 1. The number of hydrogen-bond donors (Lipinski definition) is 1. The molecule has 1 saturated carbocycles. The number of nitrogens with one attached hydrogen (secondary N) is 1. The zero-order valence-corrected chi connectivity index (χ0v) is 13.9. The molecular formula is C17H26N2OS. The lowest BCUT2D eigenvalue weighted by molar-refractivity contribution is -0.131. The van der Waals surface area contributed by atoms with Crippen molar-refractivity contribution in [3.05, 3.63) is 21.9 Å². The topological polar surface area (TPSA) is 32.3 Å². The standard InChI is InChI=1S/C17H26N2OS/c1-12-3-4-15(9-13(12)2)18-10-17(20)19-7-5-16-14(11-19)6-8-21-16/h6,8,12-13,15,18H,3-5,7,9-11H2,1-2H3. The number of amides is 1. The van der Waals surface area contributed by atoms with Crippen LogP contribution in [-0.2, 0) is 17.8 Å². The Labute approximate surface area is 131 Å². The summed E-state index contributed by atoms with van der Waals surface area (Å²) in [6.45, 7) is 6.87. The smallest absolute Gasteiger partial charge is 0.236 e. The van der Waals surface area contributed by atoms with E-state index in [9.17, 15) is 4.79 Å². The molecule has 1 aromatic heterocycles. The van der Waals surface area contributed by atoms with E-state index in [0.29, 0.717) is 12.6 Å². The Morgan fingerprint density at radius 3 is 3.05 bits per heavy atom. The fourth-order valence-electron chi connectivity index (χ4n) is 3.54. The Hall–Kier alpha value is -0.870. The van der Waals surface area contributed by atoms with E-state index in [1.54, 1.807) is 0 Å². The van der Waals surface area contributed by atoms with Gasteiger partial charge in [-0.05, 0) is 54.5 Å². The summed E-state index contributed by atoms with van der Waals surface area (Å²) in [5, 5.41) is 5.64. The van der Waals surface area contributed by atoms with E-state index >= 15 is 0 Å². The van der Waals surface area contributed by atoms with E-state index < -0.39 is 0 Å². The first kappa shape index (κ1) is 15.0. The van der Waals surface area contributed by atoms with E-state index in [4.69, 9.17) is 0 Å². The molecule has 2 aliphatic rings. The van der Waals surface area contributed by atoms with Gasteiger partial charge in [0.05, 0.1) is 6.54 Å². The molecule has 3 unspecified atom stereocenters. The van der Waals surface area contributed by atoms with Gasteiger partial charge in [-0.2, -0.15) is 0 Å². The lowest BCUT2D eigenvalue weighted by atomic mass is 9.79. The van der Waals surface area contributed by atoms with Crippen molar-refractivity contribution in [3.63, 3.8) is 0 Å². The third-order valence-electron chi connectivity index (χ3n) is 5.30. The number of carbonyl (C=O) groups is 1. The summed E-state index contributed by atoms with van der Waals surface area (Å²) >= 11 is 1.82. The molecule has 1 N–H and O–H groups in total. The first-order valence-electron chi connectivity index (χ1n) is 8.20. The predicted molar refractivity (Wildman–Crippen MR) is 87.4 cm³/mol. The summed E-state index contributed by atoms with van der Waals surface area (Å²) in [5.74, 6) is 1.87. The van der Waals surface area contributed by atoms with E-state index in [2.05, 4.69) is 30.6 Å². The fraction of sp³-hybridized carbons (Fsp3) is 0.706. The number of nitrogens with zero attached hydrogens (tertiary/aromatic N) is 1. The van der Waals surface area contributed by atoms with Crippen LogP contribution in [0.4, 0.5) is 0 Å². The molecule has 1 fully saturated rings. The van der Waals surface area contributed by atoms with Crippen LogP contribution in [0, 0.1) is 11.8 Å². The van der Waals surface area contributed by atoms with Gasteiger partial charge in [0.1, 0.15) is 0 Å². The summed E-state index contributed by atoms with van der Waals surface area (Å²) < 4.78 is 0. The van der Waals surface area contributed by atoms with E-state index in [-0.39, 0.29) is 5.91 Å². The van der Waals surface area contributed by atoms with Crippen molar-refractivity contribution in [2.24, 2.45) is 11.8 Å². The number of rotatable bonds is 3. The highest BCUT2D eigenvalue weighted by Gasteiger charge is 2.26. The highest BCUT2D eigenvalue weighted by molar-refractivity contribution is 7.10. The maximum absolute atomic E-state index is 12.4. The van der Waals surface area contributed by atoms with Crippen molar-refractivity contribution in [3.8, 4) is 0 Å². The minimum absolute atomic E-state index is 0.262. The first-order chi connectivity index (χ1) is 10.1. The molecule has 1 aliphatic carbocycles. The SMILES string of the molecule is CC1CCC(NCC(=O)N2CCc3sccc3C2)CC1C. The molecule has 1 amide bonds. The Morgan fingerprint density at radius 2 is 2.24 bits per heavy atom. The van der Waals surface area contributed by atoms with Gasteiger partial charge in [0.15, 0.2) is 0 Å². The molecule has 0 saturated heterocycles. The van der Waals surface area contributed by atoms with Gasteiger partial charge in [-0.15, -0.1) is 11.3 Å². The Balaban J connectivity index is 1.47. The van der Waals surface area contributed by atoms with Crippen LogP contribution in [0.1, 0.15) is 43.6 Å². The quantitative estimate of drug-likeness (QED) is 0.931. The largest absolute Gasteiger partial charge is 0.337 e. The summed E-state index contributed by atoms with van der Waals surface area (Å²) in [5.41, 5.74) is 1.35. The second-order valence-electron chi connectivity index (χ2n) is 6.78. The van der Waals surface area contributed by atoms with Crippen molar-refractivity contribution in [1.82, 2.24) is 10.2 Å². The lowest BCUT2D eigenvalue weighted by Crippen LogP contribution is -2.45. The van der Waals surface area contributed by atoms with E-state index in [1.165, 1.54) is 29.7 Å². The molecule has 4 heteroatoms. The van der Waals surface area contributed by atoms with Crippen molar-refractivity contribution in [2.75, 3.05) is 13.1 Å².